The van der Waals surface area contributed by atoms with Gasteiger partial charge in [0.05, 0.1) is 0 Å². The zero-order valence-corrected chi connectivity index (χ0v) is 10.8. The number of hydrogen-bond donors (Lipinski definition) is 2. The molecule has 0 radical (unpaired) electrons. The molecule has 0 heterocycles. The first-order chi connectivity index (χ1) is 8.72. The van der Waals surface area contributed by atoms with Crippen molar-refractivity contribution in [3.8, 4) is 0 Å². The molecule has 1 unspecified atom stereocenters. The molecule has 2 nitrogen and oxygen atoms in total. The fraction of sp³-hybridized carbons (Fsp3) is 0.200. The predicted octanol–water partition coefficient (Wildman–Crippen LogP) is 2.92. The number of nitrogens with two attached hydrogens (primary N) is 1. The molecule has 2 rings (SSSR count). The minimum Gasteiger partial charge on any atom is -0.384 e. The first kappa shape index (κ1) is 13.1. The molecule has 0 saturated carbocycles. The third kappa shape index (κ3) is 2.91. The molecule has 0 fully saturated rings. The first-order valence-electron chi connectivity index (χ1n) is 5.94. The maximum atomic E-state index is 10.3. The van der Waals surface area contributed by atoms with Crippen molar-refractivity contribution in [3.63, 3.8) is 0 Å². The second-order valence-electron chi connectivity index (χ2n) is 4.20. The topological polar surface area (TPSA) is 46.2 Å². The summed E-state index contributed by atoms with van der Waals surface area (Å²) in [6.45, 7) is 0.631. The van der Waals surface area contributed by atoms with Gasteiger partial charge in [0.2, 0.25) is 0 Å². The summed E-state index contributed by atoms with van der Waals surface area (Å²) < 4.78 is 0. The van der Waals surface area contributed by atoms with Crippen molar-refractivity contribution in [2.24, 2.45) is 5.73 Å². The highest BCUT2D eigenvalue weighted by Crippen LogP contribution is 2.28. The first-order valence-corrected chi connectivity index (χ1v) is 6.31. The Balaban J connectivity index is 2.23. The van der Waals surface area contributed by atoms with E-state index in [0.29, 0.717) is 11.6 Å². The lowest BCUT2D eigenvalue weighted by Gasteiger charge is -2.13. The molecule has 0 saturated heterocycles. The van der Waals surface area contributed by atoms with E-state index in [9.17, 15) is 5.11 Å². The second-order valence-corrected chi connectivity index (χ2v) is 4.61. The number of halogens is 1. The smallest absolute Gasteiger partial charge is 0.105 e. The number of benzene rings is 2. The van der Waals surface area contributed by atoms with Crippen LogP contribution in [0.3, 0.4) is 0 Å². The molecular formula is C15H16ClNO. The lowest BCUT2D eigenvalue weighted by atomic mass is 10.00. The van der Waals surface area contributed by atoms with Crippen LogP contribution in [0.5, 0.6) is 0 Å². The normalized spacial score (nSPS) is 12.4. The Hall–Kier alpha value is -1.35. The molecule has 2 aromatic rings. The molecule has 0 aliphatic heterocycles. The number of rotatable bonds is 4. The monoisotopic (exact) mass is 261 g/mol. The second kappa shape index (κ2) is 6.01. The van der Waals surface area contributed by atoms with Crippen molar-refractivity contribution in [2.75, 3.05) is 6.54 Å². The highest BCUT2D eigenvalue weighted by Gasteiger charge is 2.12. The van der Waals surface area contributed by atoms with Gasteiger partial charge in [0.25, 0.3) is 0 Å². The van der Waals surface area contributed by atoms with Crippen molar-refractivity contribution in [2.45, 2.75) is 12.5 Å². The van der Waals surface area contributed by atoms with Crippen LogP contribution in [0.25, 0.3) is 0 Å². The molecule has 0 amide bonds. The molecule has 0 aliphatic rings. The summed E-state index contributed by atoms with van der Waals surface area (Å²) >= 11 is 6.07. The molecule has 18 heavy (non-hydrogen) atoms. The molecule has 1 atom stereocenters. The van der Waals surface area contributed by atoms with Crippen molar-refractivity contribution in [1.82, 2.24) is 0 Å². The van der Waals surface area contributed by atoms with Gasteiger partial charge in [-0.05, 0) is 30.2 Å². The van der Waals surface area contributed by atoms with Gasteiger partial charge in [0.15, 0.2) is 0 Å². The zero-order valence-electron chi connectivity index (χ0n) is 10.0. The van der Waals surface area contributed by atoms with Gasteiger partial charge in [0.1, 0.15) is 6.10 Å². The third-order valence-electron chi connectivity index (χ3n) is 2.93. The predicted molar refractivity (Wildman–Crippen MR) is 74.7 cm³/mol. The molecule has 94 valence electrons. The van der Waals surface area contributed by atoms with Crippen LogP contribution in [0.2, 0.25) is 5.02 Å². The molecule has 0 aromatic heterocycles. The highest BCUT2D eigenvalue weighted by molar-refractivity contribution is 6.31. The van der Waals surface area contributed by atoms with E-state index in [2.05, 4.69) is 0 Å². The van der Waals surface area contributed by atoms with Crippen LogP contribution in [0.1, 0.15) is 22.8 Å². The van der Waals surface area contributed by atoms with E-state index < -0.39 is 6.10 Å². The lowest BCUT2D eigenvalue weighted by Crippen LogP contribution is -2.04. The average molecular weight is 262 g/mol. The van der Waals surface area contributed by atoms with Crippen LogP contribution < -0.4 is 5.73 Å². The van der Waals surface area contributed by atoms with Crippen molar-refractivity contribution in [1.29, 1.82) is 0 Å². The van der Waals surface area contributed by atoms with Gasteiger partial charge in [-0.3, -0.25) is 0 Å². The maximum absolute atomic E-state index is 10.3. The van der Waals surface area contributed by atoms with Crippen LogP contribution >= 0.6 is 11.6 Å². The number of hydrogen-bond acceptors (Lipinski definition) is 2. The maximum Gasteiger partial charge on any atom is 0.105 e. The highest BCUT2D eigenvalue weighted by atomic mass is 35.5. The summed E-state index contributed by atoms with van der Waals surface area (Å²) in [5.74, 6) is 0. The molecule has 0 bridgehead atoms. The summed E-state index contributed by atoms with van der Waals surface area (Å²) in [6, 6.07) is 15.1. The summed E-state index contributed by atoms with van der Waals surface area (Å²) in [4.78, 5) is 0. The summed E-state index contributed by atoms with van der Waals surface area (Å²) in [5, 5.41) is 10.9. The molecular weight excluding hydrogens is 246 g/mol. The van der Waals surface area contributed by atoms with Gasteiger partial charge in [-0.1, -0.05) is 54.1 Å². The van der Waals surface area contributed by atoms with Gasteiger partial charge in [0, 0.05) is 10.6 Å². The van der Waals surface area contributed by atoms with E-state index in [0.717, 1.165) is 17.5 Å². The average Bonchev–Trinajstić information content (AvgIpc) is 2.40. The Morgan fingerprint density at radius 1 is 1.06 bits per heavy atom. The Labute approximate surface area is 112 Å². The standard InChI is InChI=1S/C15H16ClNO/c16-14-4-2-1-3-13(14)15(18)12-7-5-11(6-8-12)9-10-17/h1-8,15,18H,9-10,17H2. The fourth-order valence-electron chi connectivity index (χ4n) is 1.91. The van der Waals surface area contributed by atoms with E-state index in [1.165, 1.54) is 5.56 Å². The van der Waals surface area contributed by atoms with Crippen LogP contribution in [-0.4, -0.2) is 11.7 Å². The van der Waals surface area contributed by atoms with Gasteiger partial charge >= 0.3 is 0 Å². The van der Waals surface area contributed by atoms with E-state index in [1.807, 2.05) is 42.5 Å². The van der Waals surface area contributed by atoms with E-state index in [-0.39, 0.29) is 0 Å². The van der Waals surface area contributed by atoms with Gasteiger partial charge in [-0.25, -0.2) is 0 Å². The summed E-state index contributed by atoms with van der Waals surface area (Å²) in [5.41, 5.74) is 8.24. The molecule has 2 aromatic carbocycles. The van der Waals surface area contributed by atoms with Crippen LogP contribution in [-0.2, 0) is 6.42 Å². The van der Waals surface area contributed by atoms with Gasteiger partial charge in [-0.2, -0.15) is 0 Å². The Morgan fingerprint density at radius 3 is 2.33 bits per heavy atom. The zero-order chi connectivity index (χ0) is 13.0. The molecule has 0 aliphatic carbocycles. The lowest BCUT2D eigenvalue weighted by molar-refractivity contribution is 0.220. The SMILES string of the molecule is NCCc1ccc(C(O)c2ccccc2Cl)cc1. The van der Waals surface area contributed by atoms with Crippen LogP contribution in [0.4, 0.5) is 0 Å². The number of aliphatic hydroxyl groups is 1. The Kier molecular flexibility index (Phi) is 4.37. The number of aliphatic hydroxyl groups excluding tert-OH is 1. The van der Waals surface area contributed by atoms with Crippen molar-refractivity contribution >= 4 is 11.6 Å². The van der Waals surface area contributed by atoms with Crippen LogP contribution in [0, 0.1) is 0 Å². The summed E-state index contributed by atoms with van der Waals surface area (Å²) in [6.07, 6.45) is 0.160. The Morgan fingerprint density at radius 2 is 1.72 bits per heavy atom. The third-order valence-corrected chi connectivity index (χ3v) is 3.27. The fourth-order valence-corrected chi connectivity index (χ4v) is 2.15. The van der Waals surface area contributed by atoms with E-state index in [4.69, 9.17) is 17.3 Å². The van der Waals surface area contributed by atoms with Crippen LogP contribution in [0.15, 0.2) is 48.5 Å². The van der Waals surface area contributed by atoms with Crippen molar-refractivity contribution < 1.29 is 5.11 Å². The van der Waals surface area contributed by atoms with E-state index in [1.54, 1.807) is 6.07 Å². The minimum absolute atomic E-state index is 0.580. The van der Waals surface area contributed by atoms with Crippen molar-refractivity contribution in [3.05, 3.63) is 70.2 Å². The summed E-state index contributed by atoms with van der Waals surface area (Å²) in [7, 11) is 0. The molecule has 3 N–H and O–H groups in total. The van der Waals surface area contributed by atoms with Gasteiger partial charge < -0.3 is 10.8 Å². The Bertz CT molecular complexity index is 510. The quantitative estimate of drug-likeness (QED) is 0.889. The largest absolute Gasteiger partial charge is 0.384 e. The van der Waals surface area contributed by atoms with E-state index >= 15 is 0 Å². The minimum atomic E-state index is -0.689. The molecule has 0 spiro atoms. The molecule has 3 heteroatoms. The van der Waals surface area contributed by atoms with Gasteiger partial charge in [-0.15, -0.1) is 0 Å².